The van der Waals surface area contributed by atoms with Gasteiger partial charge in [0, 0.05) is 31.9 Å². The fraction of sp³-hybridized carbons (Fsp3) is 0.294. The molecule has 1 atom stereocenters. The largest absolute Gasteiger partial charge is 0.329 e. The lowest BCUT2D eigenvalue weighted by Crippen LogP contribution is -2.49. The Balaban J connectivity index is 0.00000208. The lowest BCUT2D eigenvalue weighted by Gasteiger charge is -2.36. The maximum Gasteiger partial charge on any atom is 0.256 e. The summed E-state index contributed by atoms with van der Waals surface area (Å²) >= 11 is 0. The van der Waals surface area contributed by atoms with Crippen LogP contribution in [0.3, 0.4) is 0 Å². The molecule has 2 aromatic rings. The van der Waals surface area contributed by atoms with E-state index in [4.69, 9.17) is 0 Å². The van der Waals surface area contributed by atoms with E-state index in [2.05, 4.69) is 10.3 Å². The van der Waals surface area contributed by atoms with Gasteiger partial charge in [0.15, 0.2) is 0 Å². The van der Waals surface area contributed by atoms with E-state index in [0.717, 1.165) is 5.56 Å². The third kappa shape index (κ3) is 3.66. The van der Waals surface area contributed by atoms with Crippen LogP contribution < -0.4 is 10.9 Å². The van der Waals surface area contributed by atoms with Crippen molar-refractivity contribution in [1.29, 1.82) is 0 Å². The molecule has 1 saturated heterocycles. The summed E-state index contributed by atoms with van der Waals surface area (Å²) in [7, 11) is 0. The Hall–Kier alpha value is -2.18. The van der Waals surface area contributed by atoms with E-state index in [9.17, 15) is 14.0 Å². The van der Waals surface area contributed by atoms with Gasteiger partial charge in [-0.15, -0.1) is 12.4 Å². The second kappa shape index (κ2) is 7.59. The lowest BCUT2D eigenvalue weighted by molar-refractivity contribution is 0.0632. The average molecular weight is 352 g/mol. The molecule has 1 aliphatic heterocycles. The minimum absolute atomic E-state index is 0. The van der Waals surface area contributed by atoms with E-state index in [-0.39, 0.29) is 35.7 Å². The fourth-order valence-electron chi connectivity index (χ4n) is 2.92. The third-order valence-corrected chi connectivity index (χ3v) is 4.10. The zero-order valence-corrected chi connectivity index (χ0v) is 14.0. The Morgan fingerprint density at radius 1 is 1.33 bits per heavy atom. The molecule has 0 bridgehead atoms. The fourth-order valence-corrected chi connectivity index (χ4v) is 2.92. The number of halogens is 2. The molecule has 3 rings (SSSR count). The van der Waals surface area contributed by atoms with E-state index in [0.29, 0.717) is 30.8 Å². The number of hydrogen-bond acceptors (Lipinski definition) is 3. The van der Waals surface area contributed by atoms with Gasteiger partial charge in [0.2, 0.25) is 5.56 Å². The van der Waals surface area contributed by atoms with Gasteiger partial charge in [-0.1, -0.05) is 12.1 Å². The lowest BCUT2D eigenvalue weighted by atomic mass is 10.0. The van der Waals surface area contributed by atoms with Crippen molar-refractivity contribution in [3.63, 3.8) is 0 Å². The van der Waals surface area contributed by atoms with E-state index in [1.165, 1.54) is 24.4 Å². The summed E-state index contributed by atoms with van der Waals surface area (Å²) in [5, 5.41) is 3.24. The number of pyridine rings is 1. The van der Waals surface area contributed by atoms with E-state index >= 15 is 0 Å². The second-order valence-electron chi connectivity index (χ2n) is 5.67. The number of piperazine rings is 1. The molecule has 1 unspecified atom stereocenters. The van der Waals surface area contributed by atoms with Crippen molar-refractivity contribution in [1.82, 2.24) is 15.2 Å². The predicted molar refractivity (Wildman–Crippen MR) is 92.1 cm³/mol. The standard InChI is InChI=1S/C17H18FN3O2.ClH/c1-11-7-16(22)20-9-14(11)17(23)21-6-5-19-10-15(21)12-3-2-4-13(18)8-12;/h2-4,7-9,15,19H,5-6,10H2,1H3,(H,20,22);1H. The van der Waals surface area contributed by atoms with Crippen molar-refractivity contribution in [3.8, 4) is 0 Å². The van der Waals surface area contributed by atoms with Crippen molar-refractivity contribution < 1.29 is 9.18 Å². The molecule has 128 valence electrons. The quantitative estimate of drug-likeness (QED) is 0.870. The Morgan fingerprint density at radius 2 is 2.12 bits per heavy atom. The number of carbonyl (C=O) groups is 1. The first-order valence-electron chi connectivity index (χ1n) is 7.53. The summed E-state index contributed by atoms with van der Waals surface area (Å²) in [6.07, 6.45) is 1.45. The molecule has 0 aliphatic carbocycles. The van der Waals surface area contributed by atoms with Gasteiger partial charge in [-0.2, -0.15) is 0 Å². The molecule has 5 nitrogen and oxygen atoms in total. The molecule has 1 fully saturated rings. The summed E-state index contributed by atoms with van der Waals surface area (Å²) in [4.78, 5) is 28.5. The van der Waals surface area contributed by atoms with Gasteiger partial charge in [0.05, 0.1) is 11.6 Å². The number of nitrogens with zero attached hydrogens (tertiary/aromatic N) is 1. The molecule has 1 aromatic carbocycles. The normalized spacial score (nSPS) is 17.2. The van der Waals surface area contributed by atoms with Crippen LogP contribution in [0.25, 0.3) is 0 Å². The number of H-pyrrole nitrogens is 1. The highest BCUT2D eigenvalue weighted by atomic mass is 35.5. The van der Waals surface area contributed by atoms with Crippen LogP contribution in [0.1, 0.15) is 27.5 Å². The highest BCUT2D eigenvalue weighted by molar-refractivity contribution is 5.95. The number of aromatic amines is 1. The maximum atomic E-state index is 13.5. The van der Waals surface area contributed by atoms with Crippen molar-refractivity contribution in [2.45, 2.75) is 13.0 Å². The first-order chi connectivity index (χ1) is 11.1. The number of amides is 1. The summed E-state index contributed by atoms with van der Waals surface area (Å²) in [6, 6.07) is 7.48. The summed E-state index contributed by atoms with van der Waals surface area (Å²) < 4.78 is 13.5. The van der Waals surface area contributed by atoms with Gasteiger partial charge >= 0.3 is 0 Å². The topological polar surface area (TPSA) is 65.2 Å². The maximum absolute atomic E-state index is 13.5. The highest BCUT2D eigenvalue weighted by Gasteiger charge is 2.29. The molecule has 1 aromatic heterocycles. The van der Waals surface area contributed by atoms with Crippen molar-refractivity contribution >= 4 is 18.3 Å². The van der Waals surface area contributed by atoms with E-state index in [1.807, 2.05) is 6.07 Å². The van der Waals surface area contributed by atoms with Gasteiger partial charge in [-0.25, -0.2) is 4.39 Å². The Labute approximate surface area is 145 Å². The van der Waals surface area contributed by atoms with Crippen LogP contribution in [-0.2, 0) is 0 Å². The van der Waals surface area contributed by atoms with Crippen molar-refractivity contribution in [2.24, 2.45) is 0 Å². The van der Waals surface area contributed by atoms with Crippen LogP contribution in [0.5, 0.6) is 0 Å². The zero-order chi connectivity index (χ0) is 16.4. The Kier molecular flexibility index (Phi) is 5.75. The first kappa shape index (κ1) is 18.2. The number of nitrogens with one attached hydrogen (secondary N) is 2. The predicted octanol–water partition coefficient (Wildman–Crippen LogP) is 2.03. The number of rotatable bonds is 2. The number of aromatic nitrogens is 1. The monoisotopic (exact) mass is 351 g/mol. The number of hydrogen-bond donors (Lipinski definition) is 2. The molecule has 1 aliphatic rings. The van der Waals surface area contributed by atoms with Crippen LogP contribution in [0.4, 0.5) is 4.39 Å². The molecule has 2 N–H and O–H groups in total. The molecule has 0 spiro atoms. The van der Waals surface area contributed by atoms with Crippen molar-refractivity contribution in [3.05, 3.63) is 69.4 Å². The Morgan fingerprint density at radius 3 is 2.83 bits per heavy atom. The van der Waals surface area contributed by atoms with Gasteiger partial charge < -0.3 is 15.2 Å². The van der Waals surface area contributed by atoms with Crippen LogP contribution in [0.2, 0.25) is 0 Å². The second-order valence-corrected chi connectivity index (χ2v) is 5.67. The molecule has 2 heterocycles. The smallest absolute Gasteiger partial charge is 0.256 e. The molecular weight excluding hydrogens is 333 g/mol. The van der Waals surface area contributed by atoms with Crippen LogP contribution in [0.15, 0.2) is 41.3 Å². The molecule has 1 amide bonds. The minimum Gasteiger partial charge on any atom is -0.329 e. The van der Waals surface area contributed by atoms with E-state index in [1.54, 1.807) is 17.9 Å². The average Bonchev–Trinajstić information content (AvgIpc) is 2.54. The SMILES string of the molecule is Cc1cc(=O)[nH]cc1C(=O)N1CCNCC1c1cccc(F)c1.Cl. The molecule has 7 heteroatoms. The number of carbonyl (C=O) groups excluding carboxylic acids is 1. The number of aryl methyl sites for hydroxylation is 1. The highest BCUT2D eigenvalue weighted by Crippen LogP contribution is 2.25. The van der Waals surface area contributed by atoms with Crippen LogP contribution >= 0.6 is 12.4 Å². The Bertz CT molecular complexity index is 793. The molecular formula is C17H19ClFN3O2. The number of benzene rings is 1. The van der Waals surface area contributed by atoms with Gasteiger partial charge in [-0.3, -0.25) is 9.59 Å². The summed E-state index contributed by atoms with van der Waals surface area (Å²) in [6.45, 7) is 3.51. The van der Waals surface area contributed by atoms with Crippen LogP contribution in [-0.4, -0.2) is 35.4 Å². The summed E-state index contributed by atoms with van der Waals surface area (Å²) in [5.41, 5.74) is 1.62. The van der Waals surface area contributed by atoms with Gasteiger partial charge in [-0.05, 0) is 30.2 Å². The van der Waals surface area contributed by atoms with Gasteiger partial charge in [0.1, 0.15) is 5.82 Å². The molecule has 24 heavy (non-hydrogen) atoms. The molecule has 0 saturated carbocycles. The first-order valence-corrected chi connectivity index (χ1v) is 7.53. The summed E-state index contributed by atoms with van der Waals surface area (Å²) in [5.74, 6) is -0.477. The van der Waals surface area contributed by atoms with Crippen molar-refractivity contribution in [2.75, 3.05) is 19.6 Å². The van der Waals surface area contributed by atoms with Crippen LogP contribution in [0, 0.1) is 12.7 Å². The third-order valence-electron chi connectivity index (χ3n) is 4.10. The zero-order valence-electron chi connectivity index (χ0n) is 13.2. The van der Waals surface area contributed by atoms with E-state index < -0.39 is 0 Å². The minimum atomic E-state index is -0.319. The molecule has 0 radical (unpaired) electrons. The van der Waals surface area contributed by atoms with Gasteiger partial charge in [0.25, 0.3) is 5.91 Å².